The highest BCUT2D eigenvalue weighted by Crippen LogP contribution is 2.03. The van der Waals surface area contributed by atoms with E-state index in [1.165, 1.54) is 0 Å². The summed E-state index contributed by atoms with van der Waals surface area (Å²) in [4.78, 5) is 0. The Balaban J connectivity index is 4.13. The average molecular weight is 187 g/mol. The highest BCUT2D eigenvalue weighted by Gasteiger charge is 2.15. The van der Waals surface area contributed by atoms with Crippen molar-refractivity contribution < 1.29 is 5.21 Å². The van der Waals surface area contributed by atoms with Gasteiger partial charge in [-0.3, -0.25) is 0 Å². The van der Waals surface area contributed by atoms with E-state index in [4.69, 9.17) is 10.9 Å². The van der Waals surface area contributed by atoms with E-state index in [-0.39, 0.29) is 11.9 Å². The monoisotopic (exact) mass is 187 g/mol. The van der Waals surface area contributed by atoms with Gasteiger partial charge in [0.25, 0.3) is 0 Å². The smallest absolute Gasteiger partial charge is 0.156 e. The molecule has 2 atom stereocenters. The number of amidine groups is 1. The van der Waals surface area contributed by atoms with Crippen LogP contribution in [0.4, 0.5) is 0 Å². The summed E-state index contributed by atoms with van der Waals surface area (Å²) in [5, 5.41) is 14.8. The topological polar surface area (TPSA) is 70.6 Å². The van der Waals surface area contributed by atoms with Gasteiger partial charge >= 0.3 is 0 Å². The fourth-order valence-corrected chi connectivity index (χ4v) is 0.992. The predicted octanol–water partition coefficient (Wildman–Crippen LogP) is 1.15. The standard InChI is InChI=1S/C9H21N3O/c1-5-8(9(10)12-13)11-7(4)6(2)3/h6-8,11,13H,5H2,1-4H3,(H2,10,12). The van der Waals surface area contributed by atoms with Crippen molar-refractivity contribution in [2.75, 3.05) is 0 Å². The Morgan fingerprint density at radius 2 is 2.00 bits per heavy atom. The number of rotatable bonds is 5. The molecular weight excluding hydrogens is 166 g/mol. The second-order valence-electron chi connectivity index (χ2n) is 3.69. The first-order chi connectivity index (χ1) is 6.02. The van der Waals surface area contributed by atoms with Crippen molar-refractivity contribution in [3.8, 4) is 0 Å². The van der Waals surface area contributed by atoms with Gasteiger partial charge in [0, 0.05) is 6.04 Å². The van der Waals surface area contributed by atoms with Crippen LogP contribution in [0, 0.1) is 5.92 Å². The zero-order chi connectivity index (χ0) is 10.4. The molecule has 0 aromatic carbocycles. The molecule has 0 amide bonds. The van der Waals surface area contributed by atoms with Crippen molar-refractivity contribution in [2.24, 2.45) is 16.8 Å². The van der Waals surface area contributed by atoms with Crippen LogP contribution in [0.2, 0.25) is 0 Å². The summed E-state index contributed by atoms with van der Waals surface area (Å²) >= 11 is 0. The van der Waals surface area contributed by atoms with Gasteiger partial charge in [0.1, 0.15) is 0 Å². The molecule has 0 heterocycles. The molecule has 0 fully saturated rings. The Hall–Kier alpha value is -0.770. The van der Waals surface area contributed by atoms with Gasteiger partial charge in [-0.25, -0.2) is 0 Å². The molecule has 0 spiro atoms. The molecule has 4 N–H and O–H groups in total. The third-order valence-electron chi connectivity index (χ3n) is 2.34. The maximum Gasteiger partial charge on any atom is 0.156 e. The lowest BCUT2D eigenvalue weighted by atomic mass is 10.0. The maximum atomic E-state index is 8.51. The summed E-state index contributed by atoms with van der Waals surface area (Å²) in [5.74, 6) is 0.801. The highest BCUT2D eigenvalue weighted by atomic mass is 16.4. The van der Waals surface area contributed by atoms with E-state index in [1.54, 1.807) is 0 Å². The van der Waals surface area contributed by atoms with Crippen molar-refractivity contribution in [3.05, 3.63) is 0 Å². The van der Waals surface area contributed by atoms with E-state index in [9.17, 15) is 0 Å². The number of nitrogens with two attached hydrogens (primary N) is 1. The summed E-state index contributed by atoms with van der Waals surface area (Å²) in [6.45, 7) is 8.37. The first-order valence-electron chi connectivity index (χ1n) is 4.76. The number of nitrogens with zero attached hydrogens (tertiary/aromatic N) is 1. The molecule has 0 radical (unpaired) electrons. The molecule has 0 aromatic heterocycles. The molecule has 0 bridgehead atoms. The lowest BCUT2D eigenvalue weighted by molar-refractivity contribution is 0.311. The lowest BCUT2D eigenvalue weighted by Crippen LogP contribution is -2.46. The quantitative estimate of drug-likeness (QED) is 0.262. The third-order valence-corrected chi connectivity index (χ3v) is 2.34. The molecule has 4 heteroatoms. The van der Waals surface area contributed by atoms with Gasteiger partial charge in [-0.2, -0.15) is 0 Å². The minimum absolute atomic E-state index is 0.0256. The number of hydrogen-bond acceptors (Lipinski definition) is 3. The van der Waals surface area contributed by atoms with Crippen LogP contribution in [0.1, 0.15) is 34.1 Å². The predicted molar refractivity (Wildman–Crippen MR) is 54.9 cm³/mol. The number of hydrogen-bond donors (Lipinski definition) is 3. The summed E-state index contributed by atoms with van der Waals surface area (Å²) in [6, 6.07) is 0.340. The van der Waals surface area contributed by atoms with Crippen molar-refractivity contribution >= 4 is 5.84 Å². The van der Waals surface area contributed by atoms with Crippen molar-refractivity contribution in [1.82, 2.24) is 5.32 Å². The largest absolute Gasteiger partial charge is 0.409 e. The van der Waals surface area contributed by atoms with Crippen LogP contribution in [0.25, 0.3) is 0 Å². The number of oxime groups is 1. The average Bonchev–Trinajstić information content (AvgIpc) is 2.12. The van der Waals surface area contributed by atoms with Crippen LogP contribution in [0.15, 0.2) is 5.16 Å². The van der Waals surface area contributed by atoms with Gasteiger partial charge in [0.05, 0.1) is 6.04 Å². The maximum absolute atomic E-state index is 8.51. The Morgan fingerprint density at radius 3 is 2.31 bits per heavy atom. The fraction of sp³-hybridized carbons (Fsp3) is 0.889. The van der Waals surface area contributed by atoms with Crippen LogP contribution in [0.5, 0.6) is 0 Å². The molecule has 78 valence electrons. The van der Waals surface area contributed by atoms with E-state index < -0.39 is 0 Å². The van der Waals surface area contributed by atoms with E-state index >= 15 is 0 Å². The molecule has 0 aliphatic heterocycles. The second kappa shape index (κ2) is 5.80. The highest BCUT2D eigenvalue weighted by molar-refractivity contribution is 5.85. The summed E-state index contributed by atoms with van der Waals surface area (Å²) in [6.07, 6.45) is 0.826. The van der Waals surface area contributed by atoms with Crippen LogP contribution in [-0.2, 0) is 0 Å². The van der Waals surface area contributed by atoms with Gasteiger partial charge < -0.3 is 16.3 Å². The fourth-order valence-electron chi connectivity index (χ4n) is 0.992. The molecule has 2 unspecified atom stereocenters. The molecule has 13 heavy (non-hydrogen) atoms. The third kappa shape index (κ3) is 4.12. The molecule has 0 saturated carbocycles. The van der Waals surface area contributed by atoms with Gasteiger partial charge in [0.2, 0.25) is 0 Å². The minimum atomic E-state index is -0.0256. The van der Waals surface area contributed by atoms with Crippen molar-refractivity contribution in [3.63, 3.8) is 0 Å². The minimum Gasteiger partial charge on any atom is -0.409 e. The van der Waals surface area contributed by atoms with Crippen LogP contribution >= 0.6 is 0 Å². The molecule has 4 nitrogen and oxygen atoms in total. The SMILES string of the molecule is CCC(NC(C)C(C)C)C(N)=NO. The van der Waals surface area contributed by atoms with Crippen molar-refractivity contribution in [1.29, 1.82) is 0 Å². The first kappa shape index (κ1) is 12.2. The summed E-state index contributed by atoms with van der Waals surface area (Å²) in [7, 11) is 0. The molecule has 0 rings (SSSR count). The second-order valence-corrected chi connectivity index (χ2v) is 3.69. The van der Waals surface area contributed by atoms with Gasteiger partial charge in [-0.1, -0.05) is 25.9 Å². The van der Waals surface area contributed by atoms with E-state index in [1.807, 2.05) is 6.92 Å². The summed E-state index contributed by atoms with van der Waals surface area (Å²) < 4.78 is 0. The van der Waals surface area contributed by atoms with E-state index in [0.717, 1.165) is 6.42 Å². The Morgan fingerprint density at radius 1 is 1.46 bits per heavy atom. The lowest BCUT2D eigenvalue weighted by Gasteiger charge is -2.23. The molecule has 0 aromatic rings. The van der Waals surface area contributed by atoms with E-state index in [0.29, 0.717) is 12.0 Å². The molecule has 0 aliphatic carbocycles. The first-order valence-corrected chi connectivity index (χ1v) is 4.76. The Labute approximate surface area is 80.2 Å². The van der Waals surface area contributed by atoms with E-state index in [2.05, 4.69) is 31.2 Å². The van der Waals surface area contributed by atoms with Crippen LogP contribution < -0.4 is 11.1 Å². The van der Waals surface area contributed by atoms with Gasteiger partial charge in [-0.05, 0) is 19.3 Å². The van der Waals surface area contributed by atoms with Crippen LogP contribution in [0.3, 0.4) is 0 Å². The molecule has 0 saturated heterocycles. The van der Waals surface area contributed by atoms with Crippen LogP contribution in [-0.4, -0.2) is 23.1 Å². The van der Waals surface area contributed by atoms with Gasteiger partial charge in [0.15, 0.2) is 5.84 Å². The zero-order valence-electron chi connectivity index (χ0n) is 8.91. The summed E-state index contributed by atoms with van der Waals surface area (Å²) in [5.41, 5.74) is 5.51. The molecule has 0 aliphatic rings. The zero-order valence-corrected chi connectivity index (χ0v) is 8.91. The van der Waals surface area contributed by atoms with Crippen molar-refractivity contribution in [2.45, 2.75) is 46.2 Å². The molecular formula is C9H21N3O. The Kier molecular flexibility index (Phi) is 5.46. The Bertz CT molecular complexity index is 168. The van der Waals surface area contributed by atoms with Gasteiger partial charge in [-0.15, -0.1) is 0 Å². The number of nitrogens with one attached hydrogen (secondary N) is 1. The normalized spacial score (nSPS) is 17.5.